The molecule has 0 aliphatic rings. The van der Waals surface area contributed by atoms with Gasteiger partial charge in [-0.2, -0.15) is 0 Å². The molecule has 5 heteroatoms. The van der Waals surface area contributed by atoms with Gasteiger partial charge in [-0.15, -0.1) is 0 Å². The lowest BCUT2D eigenvalue weighted by molar-refractivity contribution is 0.102. The summed E-state index contributed by atoms with van der Waals surface area (Å²) in [6.07, 6.45) is 1.77. The molecule has 1 amide bonds. The standard InChI is InChI=1S/C21H17N3O2/c1-14-6-11-18(20(25)12-14)23-21(26)15-7-9-16(10-8-15)24-13-22-17-4-2-3-5-19(17)24/h2-13,25H,1H3,(H,23,26). The Labute approximate surface area is 150 Å². The highest BCUT2D eigenvalue weighted by Crippen LogP contribution is 2.25. The van der Waals surface area contributed by atoms with Crippen LogP contribution in [0.2, 0.25) is 0 Å². The van der Waals surface area contributed by atoms with Crippen LogP contribution in [0.4, 0.5) is 5.69 Å². The number of anilines is 1. The number of hydrogen-bond donors (Lipinski definition) is 2. The first-order valence-corrected chi connectivity index (χ1v) is 8.25. The van der Waals surface area contributed by atoms with E-state index in [1.165, 1.54) is 0 Å². The molecule has 0 spiro atoms. The molecule has 0 bridgehead atoms. The summed E-state index contributed by atoms with van der Waals surface area (Å²) in [5.41, 5.74) is 4.69. The summed E-state index contributed by atoms with van der Waals surface area (Å²) in [6.45, 7) is 1.88. The normalized spacial score (nSPS) is 10.8. The van der Waals surface area contributed by atoms with Gasteiger partial charge in [0.05, 0.1) is 16.7 Å². The van der Waals surface area contributed by atoms with Gasteiger partial charge >= 0.3 is 0 Å². The number of para-hydroxylation sites is 2. The Morgan fingerprint density at radius 3 is 2.58 bits per heavy atom. The van der Waals surface area contributed by atoms with Gasteiger partial charge in [-0.1, -0.05) is 18.2 Å². The lowest BCUT2D eigenvalue weighted by Crippen LogP contribution is -2.12. The Hall–Kier alpha value is -3.60. The molecule has 1 heterocycles. The summed E-state index contributed by atoms with van der Waals surface area (Å²) in [5, 5.41) is 12.7. The Morgan fingerprint density at radius 2 is 1.81 bits per heavy atom. The number of aryl methyl sites for hydroxylation is 1. The predicted octanol–water partition coefficient (Wildman–Crippen LogP) is 4.29. The van der Waals surface area contributed by atoms with Crippen LogP contribution in [-0.4, -0.2) is 20.6 Å². The zero-order chi connectivity index (χ0) is 18.1. The van der Waals surface area contributed by atoms with E-state index in [2.05, 4.69) is 10.3 Å². The zero-order valence-corrected chi connectivity index (χ0v) is 14.2. The number of aromatic nitrogens is 2. The van der Waals surface area contributed by atoms with Crippen LogP contribution in [0.25, 0.3) is 16.7 Å². The molecule has 0 aliphatic carbocycles. The molecule has 0 aliphatic heterocycles. The molecular weight excluding hydrogens is 326 g/mol. The lowest BCUT2D eigenvalue weighted by Gasteiger charge is -2.09. The van der Waals surface area contributed by atoms with Crippen molar-refractivity contribution in [3.05, 3.63) is 84.2 Å². The second-order valence-corrected chi connectivity index (χ2v) is 6.12. The van der Waals surface area contributed by atoms with Crippen molar-refractivity contribution in [2.45, 2.75) is 6.92 Å². The summed E-state index contributed by atoms with van der Waals surface area (Å²) < 4.78 is 1.98. The minimum atomic E-state index is -0.272. The first-order valence-electron chi connectivity index (χ1n) is 8.25. The summed E-state index contributed by atoms with van der Waals surface area (Å²) in [6, 6.07) is 20.3. The van der Waals surface area contributed by atoms with E-state index in [1.807, 2.05) is 54.0 Å². The minimum Gasteiger partial charge on any atom is -0.506 e. The van der Waals surface area contributed by atoms with Gasteiger partial charge < -0.3 is 10.4 Å². The van der Waals surface area contributed by atoms with Crippen LogP contribution >= 0.6 is 0 Å². The fourth-order valence-electron chi connectivity index (χ4n) is 2.88. The topological polar surface area (TPSA) is 67.2 Å². The van der Waals surface area contributed by atoms with Crippen molar-refractivity contribution in [3.8, 4) is 11.4 Å². The molecule has 0 radical (unpaired) electrons. The zero-order valence-electron chi connectivity index (χ0n) is 14.2. The van der Waals surface area contributed by atoms with E-state index < -0.39 is 0 Å². The number of nitrogens with zero attached hydrogens (tertiary/aromatic N) is 2. The number of rotatable bonds is 3. The minimum absolute atomic E-state index is 0.0554. The van der Waals surface area contributed by atoms with Crippen LogP contribution in [0, 0.1) is 6.92 Å². The third-order valence-corrected chi connectivity index (χ3v) is 4.26. The fraction of sp³-hybridized carbons (Fsp3) is 0.0476. The maximum atomic E-state index is 12.4. The molecule has 2 N–H and O–H groups in total. The van der Waals surface area contributed by atoms with Gasteiger partial charge in [0.15, 0.2) is 0 Å². The van der Waals surface area contributed by atoms with E-state index in [0.717, 1.165) is 22.3 Å². The van der Waals surface area contributed by atoms with Gasteiger partial charge in [-0.3, -0.25) is 9.36 Å². The van der Waals surface area contributed by atoms with Crippen LogP contribution in [0.1, 0.15) is 15.9 Å². The number of carbonyl (C=O) groups is 1. The molecule has 4 rings (SSSR count). The second-order valence-electron chi connectivity index (χ2n) is 6.12. The SMILES string of the molecule is Cc1ccc(NC(=O)c2ccc(-n3cnc4ccccc43)cc2)c(O)c1. The molecule has 0 saturated heterocycles. The smallest absolute Gasteiger partial charge is 0.255 e. The molecule has 0 fully saturated rings. The van der Waals surface area contributed by atoms with Gasteiger partial charge in [0, 0.05) is 11.3 Å². The summed E-state index contributed by atoms with van der Waals surface area (Å²) >= 11 is 0. The Kier molecular flexibility index (Phi) is 3.89. The van der Waals surface area contributed by atoms with Crippen molar-refractivity contribution in [1.29, 1.82) is 0 Å². The van der Waals surface area contributed by atoms with Crippen molar-refractivity contribution in [2.24, 2.45) is 0 Å². The average molecular weight is 343 g/mol. The van der Waals surface area contributed by atoms with Crippen molar-refractivity contribution in [3.63, 3.8) is 0 Å². The van der Waals surface area contributed by atoms with E-state index in [-0.39, 0.29) is 11.7 Å². The van der Waals surface area contributed by atoms with E-state index >= 15 is 0 Å². The summed E-state index contributed by atoms with van der Waals surface area (Å²) in [5.74, 6) is -0.217. The number of phenolic OH excluding ortho intramolecular Hbond substituents is 1. The first kappa shape index (κ1) is 15.9. The lowest BCUT2D eigenvalue weighted by atomic mass is 10.1. The number of nitrogens with one attached hydrogen (secondary N) is 1. The third-order valence-electron chi connectivity index (χ3n) is 4.26. The number of benzene rings is 3. The molecule has 0 atom stereocenters. The number of hydrogen-bond acceptors (Lipinski definition) is 3. The average Bonchev–Trinajstić information content (AvgIpc) is 3.08. The molecular formula is C21H17N3O2. The Morgan fingerprint density at radius 1 is 1.04 bits per heavy atom. The molecule has 26 heavy (non-hydrogen) atoms. The van der Waals surface area contributed by atoms with Gasteiger partial charge in [-0.05, 0) is 61.0 Å². The molecule has 4 aromatic rings. The number of imidazole rings is 1. The highest BCUT2D eigenvalue weighted by Gasteiger charge is 2.10. The Bertz CT molecular complexity index is 1100. The van der Waals surface area contributed by atoms with E-state index in [4.69, 9.17) is 0 Å². The van der Waals surface area contributed by atoms with Gasteiger partial charge in [0.2, 0.25) is 0 Å². The third kappa shape index (κ3) is 2.91. The first-order chi connectivity index (χ1) is 12.6. The van der Waals surface area contributed by atoms with E-state index in [0.29, 0.717) is 11.3 Å². The number of carbonyl (C=O) groups excluding carboxylic acids is 1. The monoisotopic (exact) mass is 343 g/mol. The van der Waals surface area contributed by atoms with Gasteiger partial charge in [-0.25, -0.2) is 4.98 Å². The molecule has 5 nitrogen and oxygen atoms in total. The predicted molar refractivity (Wildman–Crippen MR) is 102 cm³/mol. The van der Waals surface area contributed by atoms with Crippen LogP contribution in [0.5, 0.6) is 5.75 Å². The highest BCUT2D eigenvalue weighted by atomic mass is 16.3. The summed E-state index contributed by atoms with van der Waals surface area (Å²) in [4.78, 5) is 16.8. The second kappa shape index (κ2) is 6.37. The highest BCUT2D eigenvalue weighted by molar-refractivity contribution is 6.05. The van der Waals surface area contributed by atoms with Crippen molar-refractivity contribution < 1.29 is 9.90 Å². The number of phenols is 1. The quantitative estimate of drug-likeness (QED) is 0.545. The van der Waals surface area contributed by atoms with Crippen LogP contribution in [0.3, 0.4) is 0 Å². The van der Waals surface area contributed by atoms with Gasteiger partial charge in [0.25, 0.3) is 5.91 Å². The molecule has 3 aromatic carbocycles. The van der Waals surface area contributed by atoms with Crippen LogP contribution in [-0.2, 0) is 0 Å². The summed E-state index contributed by atoms with van der Waals surface area (Å²) in [7, 11) is 0. The number of aromatic hydroxyl groups is 1. The van der Waals surface area contributed by atoms with Crippen molar-refractivity contribution >= 4 is 22.6 Å². The maximum absolute atomic E-state index is 12.4. The van der Waals surface area contributed by atoms with E-state index in [9.17, 15) is 9.90 Å². The van der Waals surface area contributed by atoms with Crippen LogP contribution in [0.15, 0.2) is 73.1 Å². The molecule has 128 valence electrons. The maximum Gasteiger partial charge on any atom is 0.255 e. The van der Waals surface area contributed by atoms with E-state index in [1.54, 1.807) is 30.6 Å². The van der Waals surface area contributed by atoms with Crippen molar-refractivity contribution in [2.75, 3.05) is 5.32 Å². The van der Waals surface area contributed by atoms with Crippen molar-refractivity contribution in [1.82, 2.24) is 9.55 Å². The Balaban J connectivity index is 1.58. The number of fused-ring (bicyclic) bond motifs is 1. The molecule has 0 saturated carbocycles. The van der Waals surface area contributed by atoms with Gasteiger partial charge in [0.1, 0.15) is 12.1 Å². The molecule has 0 unspecified atom stereocenters. The number of amides is 1. The molecule has 1 aromatic heterocycles. The largest absolute Gasteiger partial charge is 0.506 e. The fourth-order valence-corrected chi connectivity index (χ4v) is 2.88. The van der Waals surface area contributed by atoms with Crippen LogP contribution < -0.4 is 5.32 Å².